The minimum absolute atomic E-state index is 0.529. The Balaban J connectivity index is 1.13. The summed E-state index contributed by atoms with van der Waals surface area (Å²) in [5, 5.41) is 10.1. The fraction of sp³-hybridized carbons (Fsp3) is 0.0169. The summed E-state index contributed by atoms with van der Waals surface area (Å²) in [6, 6.07) is 85.8. The lowest BCUT2D eigenvalue weighted by atomic mass is 9.66. The molecule has 0 amide bonds. The van der Waals surface area contributed by atoms with E-state index in [2.05, 4.69) is 231 Å². The Morgan fingerprint density at radius 1 is 0.254 bits per heavy atom. The third kappa shape index (κ3) is 5.03. The van der Waals surface area contributed by atoms with Crippen LogP contribution in [0.5, 0.6) is 0 Å². The molecule has 12 rings (SSSR count). The van der Waals surface area contributed by atoms with E-state index in [0.29, 0.717) is 0 Å². The molecule has 0 radical (unpaired) electrons. The van der Waals surface area contributed by atoms with Crippen molar-refractivity contribution in [2.24, 2.45) is 0 Å². The Kier molecular flexibility index (Phi) is 7.55. The molecule has 0 aliphatic heterocycles. The molecule has 0 fully saturated rings. The largest absolute Gasteiger partial charge is 0.0719 e. The SMILES string of the molecule is c1ccc(C2(c3ccccc3)c3cc(-c4c5ccccc5c(-c5cccc(-c6ccc7ccccc7c6)c5)c5ccccc45)ccc3-c3ccc4ccccc4c32)cc1. The summed E-state index contributed by atoms with van der Waals surface area (Å²) in [5.41, 5.74) is 14.7. The third-order valence-electron chi connectivity index (χ3n) is 12.9. The van der Waals surface area contributed by atoms with Crippen LogP contribution in [0, 0.1) is 0 Å². The van der Waals surface area contributed by atoms with Crippen molar-refractivity contribution in [2.45, 2.75) is 5.41 Å². The molecule has 0 spiro atoms. The monoisotopic (exact) mass is 746 g/mol. The molecule has 0 bridgehead atoms. The van der Waals surface area contributed by atoms with Crippen molar-refractivity contribution in [3.05, 3.63) is 253 Å². The van der Waals surface area contributed by atoms with Gasteiger partial charge < -0.3 is 0 Å². The minimum Gasteiger partial charge on any atom is -0.0622 e. The quantitative estimate of drug-likeness (QED) is 0.154. The highest BCUT2D eigenvalue weighted by Crippen LogP contribution is 2.59. The van der Waals surface area contributed by atoms with Crippen molar-refractivity contribution in [3.63, 3.8) is 0 Å². The highest BCUT2D eigenvalue weighted by Gasteiger charge is 2.47. The Hall–Kier alpha value is -7.54. The maximum atomic E-state index is 2.53. The number of benzene rings is 11. The molecule has 1 aliphatic carbocycles. The van der Waals surface area contributed by atoms with E-state index in [4.69, 9.17) is 0 Å². The smallest absolute Gasteiger partial charge is 0.0622 e. The molecule has 11 aromatic rings. The lowest BCUT2D eigenvalue weighted by Gasteiger charge is -2.35. The topological polar surface area (TPSA) is 0 Å². The first kappa shape index (κ1) is 33.6. The van der Waals surface area contributed by atoms with Crippen molar-refractivity contribution < 1.29 is 0 Å². The van der Waals surface area contributed by atoms with Crippen LogP contribution >= 0.6 is 0 Å². The van der Waals surface area contributed by atoms with Gasteiger partial charge in [-0.1, -0.05) is 212 Å². The van der Waals surface area contributed by atoms with Gasteiger partial charge in [0.25, 0.3) is 0 Å². The normalized spacial score (nSPS) is 12.9. The molecule has 0 heterocycles. The van der Waals surface area contributed by atoms with Gasteiger partial charge in [0.2, 0.25) is 0 Å². The first-order valence-corrected chi connectivity index (χ1v) is 20.6. The third-order valence-corrected chi connectivity index (χ3v) is 12.9. The first-order chi connectivity index (χ1) is 29.3. The van der Waals surface area contributed by atoms with E-state index in [1.165, 1.54) is 110 Å². The highest BCUT2D eigenvalue weighted by molar-refractivity contribution is 6.21. The van der Waals surface area contributed by atoms with Gasteiger partial charge in [-0.3, -0.25) is 0 Å². The van der Waals surface area contributed by atoms with Crippen LogP contribution in [-0.2, 0) is 5.41 Å². The molecule has 1 aliphatic rings. The van der Waals surface area contributed by atoms with E-state index in [0.717, 1.165) is 0 Å². The summed E-state index contributed by atoms with van der Waals surface area (Å²) in [5.74, 6) is 0. The van der Waals surface area contributed by atoms with Crippen LogP contribution in [0.1, 0.15) is 22.3 Å². The number of rotatable bonds is 5. The van der Waals surface area contributed by atoms with Gasteiger partial charge >= 0.3 is 0 Å². The Bertz CT molecular complexity index is 3330. The standard InChI is InChI=1S/C59H38/c1-3-21-46(22-4-1)59(47-23-5-2-6-24-47)55-38-45(33-34-49(55)54-35-32-40-17-9-10-25-48(40)58(54)59)57-52-28-13-11-26-50(52)56(51-27-12-14-29-53(51)57)44-20-15-19-42(37-44)43-31-30-39-16-7-8-18-41(39)36-43/h1-38H. The number of hydrogen-bond acceptors (Lipinski definition) is 0. The maximum absolute atomic E-state index is 2.53. The van der Waals surface area contributed by atoms with Crippen LogP contribution in [-0.4, -0.2) is 0 Å². The van der Waals surface area contributed by atoms with Gasteiger partial charge in [-0.05, 0) is 128 Å². The summed E-state index contributed by atoms with van der Waals surface area (Å²) >= 11 is 0. The van der Waals surface area contributed by atoms with Crippen LogP contribution < -0.4 is 0 Å². The summed E-state index contributed by atoms with van der Waals surface area (Å²) in [6.45, 7) is 0. The second kappa shape index (κ2) is 13.3. The summed E-state index contributed by atoms with van der Waals surface area (Å²) < 4.78 is 0. The zero-order valence-electron chi connectivity index (χ0n) is 32.4. The van der Waals surface area contributed by atoms with E-state index in [-0.39, 0.29) is 0 Å². The second-order valence-corrected chi connectivity index (χ2v) is 15.9. The van der Waals surface area contributed by atoms with Crippen molar-refractivity contribution >= 4 is 43.1 Å². The van der Waals surface area contributed by atoms with Crippen LogP contribution in [0.15, 0.2) is 231 Å². The molecule has 0 unspecified atom stereocenters. The van der Waals surface area contributed by atoms with Crippen LogP contribution in [0.4, 0.5) is 0 Å². The zero-order valence-corrected chi connectivity index (χ0v) is 32.4. The van der Waals surface area contributed by atoms with Gasteiger partial charge in [0.1, 0.15) is 0 Å². The summed E-state index contributed by atoms with van der Waals surface area (Å²) in [4.78, 5) is 0. The van der Waals surface area contributed by atoms with E-state index < -0.39 is 5.41 Å². The van der Waals surface area contributed by atoms with E-state index >= 15 is 0 Å². The molecule has 11 aromatic carbocycles. The van der Waals surface area contributed by atoms with Crippen molar-refractivity contribution in [2.75, 3.05) is 0 Å². The number of hydrogen-bond donors (Lipinski definition) is 0. The van der Waals surface area contributed by atoms with Crippen molar-refractivity contribution in [1.82, 2.24) is 0 Å². The fourth-order valence-electron chi connectivity index (χ4n) is 10.4. The molecule has 59 heavy (non-hydrogen) atoms. The van der Waals surface area contributed by atoms with Gasteiger partial charge in [-0.2, -0.15) is 0 Å². The van der Waals surface area contributed by atoms with Crippen molar-refractivity contribution in [3.8, 4) is 44.5 Å². The minimum atomic E-state index is -0.529. The molecule has 0 saturated heterocycles. The molecule has 0 saturated carbocycles. The van der Waals surface area contributed by atoms with Gasteiger partial charge in [0, 0.05) is 0 Å². The molecule has 0 aromatic heterocycles. The molecular formula is C59H38. The van der Waals surface area contributed by atoms with Crippen LogP contribution in [0.3, 0.4) is 0 Å². The van der Waals surface area contributed by atoms with Gasteiger partial charge in [0.05, 0.1) is 5.41 Å². The molecule has 0 atom stereocenters. The van der Waals surface area contributed by atoms with E-state index in [9.17, 15) is 0 Å². The Morgan fingerprint density at radius 2 is 0.712 bits per heavy atom. The maximum Gasteiger partial charge on any atom is 0.0719 e. The van der Waals surface area contributed by atoms with Crippen molar-refractivity contribution in [1.29, 1.82) is 0 Å². The van der Waals surface area contributed by atoms with Gasteiger partial charge in [0.15, 0.2) is 0 Å². The molecular weight excluding hydrogens is 709 g/mol. The Morgan fingerprint density at radius 3 is 1.36 bits per heavy atom. The highest BCUT2D eigenvalue weighted by atomic mass is 14.5. The zero-order chi connectivity index (χ0) is 38.9. The lowest BCUT2D eigenvalue weighted by molar-refractivity contribution is 0.776. The second-order valence-electron chi connectivity index (χ2n) is 15.9. The lowest BCUT2D eigenvalue weighted by Crippen LogP contribution is -2.28. The average Bonchev–Trinajstić information content (AvgIpc) is 3.62. The Labute approximate surface area is 344 Å². The molecule has 0 N–H and O–H groups in total. The number of fused-ring (bicyclic) bond motifs is 8. The van der Waals surface area contributed by atoms with E-state index in [1.807, 2.05) is 0 Å². The average molecular weight is 747 g/mol. The van der Waals surface area contributed by atoms with Crippen LogP contribution in [0.2, 0.25) is 0 Å². The molecule has 0 heteroatoms. The van der Waals surface area contributed by atoms with Gasteiger partial charge in [-0.25, -0.2) is 0 Å². The van der Waals surface area contributed by atoms with Crippen LogP contribution in [0.25, 0.3) is 87.6 Å². The molecule has 274 valence electrons. The predicted octanol–water partition coefficient (Wildman–Crippen LogP) is 15.7. The first-order valence-electron chi connectivity index (χ1n) is 20.6. The van der Waals surface area contributed by atoms with E-state index in [1.54, 1.807) is 0 Å². The fourth-order valence-corrected chi connectivity index (χ4v) is 10.4. The van der Waals surface area contributed by atoms with Gasteiger partial charge in [-0.15, -0.1) is 0 Å². The summed E-state index contributed by atoms with van der Waals surface area (Å²) in [6.07, 6.45) is 0. The predicted molar refractivity (Wildman–Crippen MR) is 250 cm³/mol. The molecule has 0 nitrogen and oxygen atoms in total. The summed E-state index contributed by atoms with van der Waals surface area (Å²) in [7, 11) is 0.